The van der Waals surface area contributed by atoms with Crippen molar-refractivity contribution >= 4 is 19.5 Å². The van der Waals surface area contributed by atoms with Crippen LogP contribution in [0.5, 0.6) is 0 Å². The van der Waals surface area contributed by atoms with Crippen molar-refractivity contribution in [3.63, 3.8) is 0 Å². The predicted molar refractivity (Wildman–Crippen MR) is 66.4 cm³/mol. The lowest BCUT2D eigenvalue weighted by Gasteiger charge is -2.15. The fraction of sp³-hybridized carbons (Fsp3) is 0.818. The number of hydrogen-bond donors (Lipinski definition) is 2. The number of Topliss-reactive ketones (excluding diaryl/α,β-unsaturated/α-hetero) is 1. The number of carbonyl (C=O) groups excluding carboxylic acids is 2. The summed E-state index contributed by atoms with van der Waals surface area (Å²) in [5.74, 6) is 0.327. The first-order chi connectivity index (χ1) is 7.84. The molecule has 3 atom stereocenters. The normalized spacial score (nSPS) is 37.5. The second-order valence-corrected chi connectivity index (χ2v) is 7.97. The maximum Gasteiger partial charge on any atom is 0.375 e. The maximum absolute atomic E-state index is 11.9. The molecular formula is C11H20N2O3P+. The van der Waals surface area contributed by atoms with E-state index < -0.39 is 7.79 Å². The van der Waals surface area contributed by atoms with E-state index in [4.69, 9.17) is 4.52 Å². The van der Waals surface area contributed by atoms with Crippen LogP contribution in [0.4, 0.5) is 0 Å². The van der Waals surface area contributed by atoms with Crippen LogP contribution < -0.4 is 10.2 Å². The topological polar surface area (TPSA) is 67.4 Å². The SMILES string of the molecule is CC(C)[C@@H]1N[P+]2(CC1=O)N[C@@H](C(C)C)C(=O)O2. The molecule has 2 aliphatic rings. The predicted octanol–water partition coefficient (Wildman–Crippen LogP) is 1.12. The van der Waals surface area contributed by atoms with E-state index in [1.807, 2.05) is 27.7 Å². The average Bonchev–Trinajstić information content (AvgIpc) is 2.68. The molecule has 17 heavy (non-hydrogen) atoms. The van der Waals surface area contributed by atoms with Crippen LogP contribution >= 0.6 is 7.79 Å². The molecule has 2 fully saturated rings. The highest BCUT2D eigenvalue weighted by Gasteiger charge is 2.63. The van der Waals surface area contributed by atoms with Crippen LogP contribution in [0.2, 0.25) is 0 Å². The Kier molecular flexibility index (Phi) is 3.27. The van der Waals surface area contributed by atoms with Crippen molar-refractivity contribution in [3.05, 3.63) is 0 Å². The van der Waals surface area contributed by atoms with Crippen LogP contribution in [0.1, 0.15) is 27.7 Å². The van der Waals surface area contributed by atoms with E-state index in [2.05, 4.69) is 10.2 Å². The van der Waals surface area contributed by atoms with Crippen molar-refractivity contribution in [3.8, 4) is 0 Å². The Bertz CT molecular complexity index is 323. The first kappa shape index (κ1) is 12.9. The lowest BCUT2D eigenvalue weighted by atomic mass is 10.0. The molecule has 0 radical (unpaired) electrons. The molecule has 0 aromatic rings. The minimum Gasteiger partial charge on any atom is -0.293 e. The van der Waals surface area contributed by atoms with Gasteiger partial charge in [0.25, 0.3) is 0 Å². The summed E-state index contributed by atoms with van der Waals surface area (Å²) in [5.41, 5.74) is 0. The van der Waals surface area contributed by atoms with E-state index >= 15 is 0 Å². The quantitative estimate of drug-likeness (QED) is 0.727. The fourth-order valence-electron chi connectivity index (χ4n) is 2.26. The van der Waals surface area contributed by atoms with Gasteiger partial charge in [0.15, 0.2) is 18.0 Å². The smallest absolute Gasteiger partial charge is 0.293 e. The third-order valence-corrected chi connectivity index (χ3v) is 5.89. The first-order valence-electron chi connectivity index (χ1n) is 6.04. The Morgan fingerprint density at radius 2 is 1.65 bits per heavy atom. The number of carbonyl (C=O) groups is 2. The number of hydrogen-bond acceptors (Lipinski definition) is 5. The number of rotatable bonds is 2. The van der Waals surface area contributed by atoms with Gasteiger partial charge in [0.1, 0.15) is 6.04 Å². The Labute approximate surface area is 102 Å². The van der Waals surface area contributed by atoms with Crippen LogP contribution in [-0.2, 0) is 14.1 Å². The van der Waals surface area contributed by atoms with Gasteiger partial charge in [0.05, 0.1) is 0 Å². The number of ketones is 1. The molecule has 0 amide bonds. The Balaban J connectivity index is 2.14. The molecule has 0 aromatic carbocycles. The molecule has 5 nitrogen and oxygen atoms in total. The van der Waals surface area contributed by atoms with E-state index in [0.29, 0.717) is 6.16 Å². The van der Waals surface area contributed by atoms with Gasteiger partial charge in [0.2, 0.25) is 0 Å². The summed E-state index contributed by atoms with van der Waals surface area (Å²) in [4.78, 5) is 23.6. The molecule has 96 valence electrons. The van der Waals surface area contributed by atoms with Gasteiger partial charge in [-0.15, -0.1) is 10.2 Å². The van der Waals surface area contributed by atoms with Gasteiger partial charge in [-0.05, 0) is 11.8 Å². The Morgan fingerprint density at radius 1 is 1.12 bits per heavy atom. The second kappa shape index (κ2) is 4.30. The minimum absolute atomic E-state index is 0.151. The molecule has 2 saturated heterocycles. The molecular weight excluding hydrogens is 239 g/mol. The Morgan fingerprint density at radius 3 is 2.06 bits per heavy atom. The van der Waals surface area contributed by atoms with Crippen molar-refractivity contribution in [1.82, 2.24) is 10.2 Å². The molecule has 6 heteroatoms. The van der Waals surface area contributed by atoms with Gasteiger partial charge in [-0.25, -0.2) is 4.79 Å². The zero-order valence-electron chi connectivity index (χ0n) is 10.7. The summed E-state index contributed by atoms with van der Waals surface area (Å²) in [5, 5.41) is 6.48. The standard InChI is InChI=1S/C11H20N2O3P/c1-6(2)9-8(14)5-17(12-9)13-10(7(3)4)11(15)16-17/h6-7,9-10,12-13H,5H2,1-4H3/q+1/t9-,10-,17?/m0/s1. The highest BCUT2D eigenvalue weighted by Crippen LogP contribution is 2.60. The van der Waals surface area contributed by atoms with Crippen LogP contribution in [-0.4, -0.2) is 30.0 Å². The number of nitrogens with one attached hydrogen (secondary N) is 2. The fourth-order valence-corrected chi connectivity index (χ4v) is 5.49. The van der Waals surface area contributed by atoms with Crippen molar-refractivity contribution in [1.29, 1.82) is 0 Å². The first-order valence-corrected chi connectivity index (χ1v) is 7.93. The van der Waals surface area contributed by atoms with Crippen molar-refractivity contribution in [2.75, 3.05) is 6.16 Å². The van der Waals surface area contributed by atoms with E-state index in [1.54, 1.807) is 0 Å². The second-order valence-electron chi connectivity index (χ2n) is 5.48. The maximum atomic E-state index is 11.9. The summed E-state index contributed by atoms with van der Waals surface area (Å²) in [6.45, 7) is 7.93. The third kappa shape index (κ3) is 2.24. The molecule has 2 N–H and O–H groups in total. The molecule has 1 unspecified atom stereocenters. The van der Waals surface area contributed by atoms with Gasteiger partial charge in [0, 0.05) is 0 Å². The highest BCUT2D eigenvalue weighted by atomic mass is 31.2. The van der Waals surface area contributed by atoms with Crippen molar-refractivity contribution < 1.29 is 14.1 Å². The summed E-state index contributed by atoms with van der Waals surface area (Å²) >= 11 is 0. The van der Waals surface area contributed by atoms with Crippen LogP contribution in [0.25, 0.3) is 0 Å². The summed E-state index contributed by atoms with van der Waals surface area (Å²) < 4.78 is 5.46. The van der Waals surface area contributed by atoms with Gasteiger partial charge in [-0.3, -0.25) is 9.32 Å². The lowest BCUT2D eigenvalue weighted by Crippen LogP contribution is -2.36. The Hall–Kier alpha value is -0.510. The molecule has 0 saturated carbocycles. The van der Waals surface area contributed by atoms with Crippen LogP contribution in [0.15, 0.2) is 0 Å². The molecule has 2 heterocycles. The summed E-state index contributed by atoms with van der Waals surface area (Å²) in [6, 6.07) is -0.468. The molecule has 0 aromatic heterocycles. The average molecular weight is 259 g/mol. The minimum atomic E-state index is -2.23. The molecule has 2 aliphatic heterocycles. The van der Waals surface area contributed by atoms with E-state index in [1.165, 1.54) is 0 Å². The van der Waals surface area contributed by atoms with Crippen molar-refractivity contribution in [2.45, 2.75) is 39.8 Å². The third-order valence-electron chi connectivity index (χ3n) is 3.25. The van der Waals surface area contributed by atoms with E-state index in [9.17, 15) is 9.59 Å². The van der Waals surface area contributed by atoms with Crippen LogP contribution in [0, 0.1) is 11.8 Å². The molecule has 0 bridgehead atoms. The summed E-state index contributed by atoms with van der Waals surface area (Å²) in [6.07, 6.45) is 0.324. The zero-order valence-corrected chi connectivity index (χ0v) is 11.6. The zero-order chi connectivity index (χ0) is 12.8. The highest BCUT2D eigenvalue weighted by molar-refractivity contribution is 7.69. The van der Waals surface area contributed by atoms with Crippen LogP contribution in [0.3, 0.4) is 0 Å². The largest absolute Gasteiger partial charge is 0.375 e. The molecule has 2 rings (SSSR count). The van der Waals surface area contributed by atoms with Gasteiger partial charge >= 0.3 is 13.8 Å². The lowest BCUT2D eigenvalue weighted by molar-refractivity contribution is -0.134. The van der Waals surface area contributed by atoms with E-state index in [0.717, 1.165) is 0 Å². The molecule has 0 aliphatic carbocycles. The summed E-state index contributed by atoms with van der Waals surface area (Å²) in [7, 11) is -2.23. The molecule has 1 spiro atoms. The van der Waals surface area contributed by atoms with Gasteiger partial charge < -0.3 is 0 Å². The van der Waals surface area contributed by atoms with Gasteiger partial charge in [-0.2, -0.15) is 0 Å². The van der Waals surface area contributed by atoms with Gasteiger partial charge in [-0.1, -0.05) is 27.7 Å². The van der Waals surface area contributed by atoms with Crippen molar-refractivity contribution in [2.24, 2.45) is 11.8 Å². The monoisotopic (exact) mass is 259 g/mol. The van der Waals surface area contributed by atoms with E-state index in [-0.39, 0.29) is 35.7 Å².